The molecule has 0 heterocycles. The van der Waals surface area contributed by atoms with Crippen molar-refractivity contribution >= 4 is 23.3 Å². The van der Waals surface area contributed by atoms with Gasteiger partial charge in [-0.3, -0.25) is 0 Å². The highest BCUT2D eigenvalue weighted by molar-refractivity contribution is 7.99. The van der Waals surface area contributed by atoms with Gasteiger partial charge in [0, 0.05) is 10.6 Å². The van der Waals surface area contributed by atoms with Gasteiger partial charge in [-0.1, -0.05) is 66.7 Å². The fourth-order valence-electron chi connectivity index (χ4n) is 4.44. The van der Waals surface area contributed by atoms with Crippen molar-refractivity contribution in [2.24, 2.45) is 0 Å². The average molecular weight is 601 g/mol. The second-order valence-electron chi connectivity index (χ2n) is 9.50. The monoisotopic (exact) mass is 600 g/mol. The average Bonchev–Trinajstić information content (AvgIpc) is 3.02. The molecule has 0 unspecified atom stereocenters. The Morgan fingerprint density at radius 3 is 1.53 bits per heavy atom. The van der Waals surface area contributed by atoms with Gasteiger partial charge in [-0.05, 0) is 87.5 Å². The lowest BCUT2D eigenvalue weighted by molar-refractivity contribution is -0.139. The number of benzene rings is 5. The van der Waals surface area contributed by atoms with Gasteiger partial charge in [0.25, 0.3) is 0 Å². The fourth-order valence-corrected chi connectivity index (χ4v) is 5.21. The van der Waals surface area contributed by atoms with Gasteiger partial charge in [0.1, 0.15) is 5.75 Å². The number of ether oxygens (including phenoxy) is 1. The Hall–Kier alpha value is -4.82. The molecule has 0 amide bonds. The zero-order valence-electron chi connectivity index (χ0n) is 22.6. The van der Waals surface area contributed by atoms with E-state index in [4.69, 9.17) is 9.84 Å². The molecule has 0 atom stereocenters. The summed E-state index contributed by atoms with van der Waals surface area (Å²) in [4.78, 5) is 11.7. The lowest BCUT2D eigenvalue weighted by atomic mass is 9.94. The summed E-state index contributed by atoms with van der Waals surface area (Å²) < 4.78 is 59.6. The molecule has 43 heavy (non-hydrogen) atoms. The van der Waals surface area contributed by atoms with Crippen molar-refractivity contribution in [1.29, 1.82) is 0 Å². The first-order valence-electron chi connectivity index (χ1n) is 13.2. The molecule has 0 aromatic heterocycles. The summed E-state index contributed by atoms with van der Waals surface area (Å²) in [5, 5.41) is 8.78. The third-order valence-electron chi connectivity index (χ3n) is 6.62. The van der Waals surface area contributed by atoms with E-state index in [0.717, 1.165) is 57.0 Å². The quantitative estimate of drug-likeness (QED) is 0.128. The fraction of sp³-hybridized carbons (Fsp3) is 0.0571. The molecular formula is C35H24F4O3S. The van der Waals surface area contributed by atoms with Crippen molar-refractivity contribution in [3.8, 4) is 28.0 Å². The first kappa shape index (κ1) is 29.7. The number of hydrogen-bond donors (Lipinski definition) is 1. The molecule has 0 aliphatic heterocycles. The summed E-state index contributed by atoms with van der Waals surface area (Å²) in [6.07, 6.45) is 2.07. The highest BCUT2D eigenvalue weighted by Gasteiger charge is 2.10. The van der Waals surface area contributed by atoms with Crippen LogP contribution in [0.4, 0.5) is 17.6 Å². The topological polar surface area (TPSA) is 46.5 Å². The highest BCUT2D eigenvalue weighted by Crippen LogP contribution is 2.31. The van der Waals surface area contributed by atoms with Gasteiger partial charge in [-0.25, -0.2) is 22.4 Å². The predicted molar refractivity (Wildman–Crippen MR) is 161 cm³/mol. The van der Waals surface area contributed by atoms with Crippen LogP contribution in [0.3, 0.4) is 0 Å². The molecule has 0 fully saturated rings. The summed E-state index contributed by atoms with van der Waals surface area (Å²) in [5.41, 5.74) is 5.28. The van der Waals surface area contributed by atoms with Gasteiger partial charge < -0.3 is 9.84 Å². The molecule has 1 N–H and O–H groups in total. The number of carboxylic acids is 1. The zero-order chi connectivity index (χ0) is 30.3. The Balaban J connectivity index is 1.41. The van der Waals surface area contributed by atoms with Crippen molar-refractivity contribution < 1.29 is 32.2 Å². The molecule has 3 nitrogen and oxygen atoms in total. The Morgan fingerprint density at radius 1 is 0.628 bits per heavy atom. The normalized spacial score (nSPS) is 10.8. The molecule has 216 valence electrons. The van der Waals surface area contributed by atoms with Crippen molar-refractivity contribution in [1.82, 2.24) is 0 Å². The van der Waals surface area contributed by atoms with Crippen LogP contribution in [-0.2, 0) is 4.79 Å². The number of aliphatic carboxylic acids is 1. The summed E-state index contributed by atoms with van der Waals surface area (Å²) in [7, 11) is 0. The Kier molecular flexibility index (Phi) is 9.27. The maximum absolute atomic E-state index is 13.8. The van der Waals surface area contributed by atoms with Crippen LogP contribution in [0.2, 0.25) is 0 Å². The molecule has 8 heteroatoms. The van der Waals surface area contributed by atoms with Crippen LogP contribution < -0.4 is 4.74 Å². The van der Waals surface area contributed by atoms with Crippen LogP contribution in [0, 0.1) is 23.3 Å². The van der Waals surface area contributed by atoms with Gasteiger partial charge in [0.15, 0.2) is 29.9 Å². The van der Waals surface area contributed by atoms with E-state index < -0.39 is 35.8 Å². The second kappa shape index (κ2) is 13.4. The zero-order valence-corrected chi connectivity index (χ0v) is 23.4. The number of thioether (sulfide) groups is 1. The van der Waals surface area contributed by atoms with Crippen LogP contribution in [0.25, 0.3) is 27.8 Å². The van der Waals surface area contributed by atoms with E-state index in [1.165, 1.54) is 12.1 Å². The van der Waals surface area contributed by atoms with Crippen molar-refractivity contribution in [3.63, 3.8) is 0 Å². The molecule has 5 rings (SSSR count). The van der Waals surface area contributed by atoms with E-state index >= 15 is 0 Å². The van der Waals surface area contributed by atoms with Gasteiger partial charge in [-0.2, -0.15) is 0 Å². The number of halogens is 4. The van der Waals surface area contributed by atoms with Crippen molar-refractivity contribution in [2.75, 3.05) is 12.4 Å². The van der Waals surface area contributed by atoms with Crippen LogP contribution in [0.5, 0.6) is 5.75 Å². The van der Waals surface area contributed by atoms with Crippen LogP contribution in [0.1, 0.15) is 11.1 Å². The van der Waals surface area contributed by atoms with Gasteiger partial charge in [0.05, 0.1) is 0 Å². The van der Waals surface area contributed by atoms with E-state index in [2.05, 4.69) is 6.08 Å². The smallest absolute Gasteiger partial charge is 0.341 e. The van der Waals surface area contributed by atoms with E-state index in [1.807, 2.05) is 60.7 Å². The summed E-state index contributed by atoms with van der Waals surface area (Å²) in [6, 6.07) is 29.7. The molecule has 0 aliphatic carbocycles. The molecular weight excluding hydrogens is 576 g/mol. The standard InChI is InChI=1S/C35H24F4O3S/c36-31-15-9-26(19-33(31)38)22-1-5-24(6-2-22)30(17-18-43-29-13-11-28(12-14-29)42-21-35(40)41)25-7-3-23(4-8-25)27-10-16-32(37)34(39)20-27/h1-17,19-20H,18,21H2,(H,40,41). The lowest BCUT2D eigenvalue weighted by Crippen LogP contribution is -2.09. The van der Waals surface area contributed by atoms with Gasteiger partial charge in [0.2, 0.25) is 0 Å². The number of rotatable bonds is 10. The number of hydrogen-bond acceptors (Lipinski definition) is 3. The maximum atomic E-state index is 13.8. The van der Waals surface area contributed by atoms with Crippen LogP contribution >= 0.6 is 11.8 Å². The van der Waals surface area contributed by atoms with Crippen molar-refractivity contribution in [3.05, 3.63) is 150 Å². The number of carboxylic acid groups (broad SMARTS) is 1. The maximum Gasteiger partial charge on any atom is 0.341 e. The van der Waals surface area contributed by atoms with Gasteiger partial charge in [-0.15, -0.1) is 11.8 Å². The van der Waals surface area contributed by atoms with E-state index in [0.29, 0.717) is 22.6 Å². The molecule has 0 saturated carbocycles. The van der Waals surface area contributed by atoms with Crippen molar-refractivity contribution in [2.45, 2.75) is 4.90 Å². The first-order valence-corrected chi connectivity index (χ1v) is 14.1. The first-order chi connectivity index (χ1) is 20.8. The van der Waals surface area contributed by atoms with E-state index in [9.17, 15) is 22.4 Å². The third-order valence-corrected chi connectivity index (χ3v) is 7.56. The van der Waals surface area contributed by atoms with Crippen LogP contribution in [-0.4, -0.2) is 23.4 Å². The van der Waals surface area contributed by atoms with Gasteiger partial charge >= 0.3 is 5.97 Å². The second-order valence-corrected chi connectivity index (χ2v) is 10.6. The molecule has 0 spiro atoms. The molecule has 0 aliphatic rings. The molecule has 0 radical (unpaired) electrons. The summed E-state index contributed by atoms with van der Waals surface area (Å²) in [6.45, 7) is -0.414. The Morgan fingerprint density at radius 2 is 1.09 bits per heavy atom. The summed E-state index contributed by atoms with van der Waals surface area (Å²) in [5.74, 6) is -3.63. The Labute approximate surface area is 250 Å². The van der Waals surface area contributed by atoms with E-state index in [-0.39, 0.29) is 0 Å². The molecule has 0 bridgehead atoms. The summed E-state index contributed by atoms with van der Waals surface area (Å²) >= 11 is 1.57. The minimum atomic E-state index is -1.05. The largest absolute Gasteiger partial charge is 0.482 e. The lowest BCUT2D eigenvalue weighted by Gasteiger charge is -2.12. The van der Waals surface area contributed by atoms with E-state index in [1.54, 1.807) is 23.9 Å². The minimum absolute atomic E-state index is 0.414. The SMILES string of the molecule is O=C(O)COc1ccc(SCC=C(c2ccc(-c3ccc(F)c(F)c3)cc2)c2ccc(-c3ccc(F)c(F)c3)cc2)cc1. The molecule has 5 aromatic carbocycles. The predicted octanol–water partition coefficient (Wildman–Crippen LogP) is 9.26. The highest BCUT2D eigenvalue weighted by atomic mass is 32.2. The molecule has 5 aromatic rings. The third kappa shape index (κ3) is 7.53. The van der Waals surface area contributed by atoms with Crippen LogP contribution in [0.15, 0.2) is 120 Å². The molecule has 0 saturated heterocycles. The number of carbonyl (C=O) groups is 1. The Bertz CT molecular complexity index is 1670. The minimum Gasteiger partial charge on any atom is -0.482 e.